The van der Waals surface area contributed by atoms with Crippen LogP contribution < -0.4 is 0 Å². The Hall–Kier alpha value is -4.82. The number of hydrogen-bond donors (Lipinski definition) is 2. The molecule has 0 heterocycles. The fourth-order valence-electron chi connectivity index (χ4n) is 6.94. The maximum atomic E-state index is 12.9. The van der Waals surface area contributed by atoms with Crippen LogP contribution in [-0.4, -0.2) is 47.6 Å². The largest absolute Gasteiger partial charge is 0.455 e. The van der Waals surface area contributed by atoms with Gasteiger partial charge in [0.2, 0.25) is 0 Å². The van der Waals surface area contributed by atoms with Crippen LogP contribution in [0.15, 0.2) is 133 Å². The average molecular weight is 687 g/mol. The normalized spacial score (nSPS) is 22.6. The summed E-state index contributed by atoms with van der Waals surface area (Å²) in [6, 6.07) is 38.4. The van der Waals surface area contributed by atoms with Gasteiger partial charge in [0.25, 0.3) is 0 Å². The number of rotatable bonds is 16. The van der Waals surface area contributed by atoms with E-state index in [4.69, 9.17) is 14.2 Å². The Morgan fingerprint density at radius 3 is 1.25 bits per heavy atom. The Bertz CT molecular complexity index is 1660. The molecule has 4 atom stereocenters. The summed E-state index contributed by atoms with van der Waals surface area (Å²) >= 11 is 0. The highest BCUT2D eigenvalue weighted by atomic mass is 16.6. The van der Waals surface area contributed by atoms with E-state index in [1.54, 1.807) is 0 Å². The number of carbonyl (C=O) groups is 2. The summed E-state index contributed by atoms with van der Waals surface area (Å²) in [5.74, 6) is -0.712. The quantitative estimate of drug-likeness (QED) is 0.0912. The number of benzene rings is 4. The van der Waals surface area contributed by atoms with E-state index in [1.807, 2.05) is 133 Å². The van der Waals surface area contributed by atoms with Crippen molar-refractivity contribution in [2.45, 2.75) is 74.8 Å². The number of carbonyl (C=O) groups excluding carboxylic acids is 2. The standard InChI is InChI=1S/C44H46O7/c45-41(50-39-29-35(33-17-5-1-6-18-33)31-43(39,47)37-21-9-3-10-22-37)25-13-15-27-49-28-16-14-26-42(46)51-40-30-36(34-19-7-2-8-20-34)32-44(40,48)38-23-11-4-12-24-38/h1-12,17-24,29-30,39-40,47-48H,13-16,25-28,31-32H2/t39-,40-,43-,44-/m0/s1. The first-order chi connectivity index (χ1) is 24.8. The highest BCUT2D eigenvalue weighted by Gasteiger charge is 2.46. The summed E-state index contributed by atoms with van der Waals surface area (Å²) in [5, 5.41) is 23.5. The number of aliphatic hydroxyl groups is 2. The summed E-state index contributed by atoms with van der Waals surface area (Å²) in [6.45, 7) is 0.985. The number of hydrogen-bond acceptors (Lipinski definition) is 7. The zero-order valence-electron chi connectivity index (χ0n) is 28.9. The molecule has 4 aromatic rings. The first kappa shape index (κ1) is 36.0. The molecule has 6 rings (SSSR count). The van der Waals surface area contributed by atoms with Crippen LogP contribution in [0.1, 0.15) is 73.6 Å². The third kappa shape index (κ3) is 8.92. The molecular weight excluding hydrogens is 640 g/mol. The van der Waals surface area contributed by atoms with E-state index >= 15 is 0 Å². The molecule has 264 valence electrons. The maximum absolute atomic E-state index is 12.9. The zero-order valence-corrected chi connectivity index (χ0v) is 28.9. The van der Waals surface area contributed by atoms with Crippen LogP contribution in [0, 0.1) is 0 Å². The predicted molar refractivity (Wildman–Crippen MR) is 197 cm³/mol. The van der Waals surface area contributed by atoms with Gasteiger partial charge in [-0.05, 0) is 71.2 Å². The Morgan fingerprint density at radius 1 is 0.529 bits per heavy atom. The first-order valence-electron chi connectivity index (χ1n) is 17.9. The first-order valence-corrected chi connectivity index (χ1v) is 17.9. The van der Waals surface area contributed by atoms with Gasteiger partial charge in [0.05, 0.1) is 0 Å². The monoisotopic (exact) mass is 686 g/mol. The van der Waals surface area contributed by atoms with E-state index in [0.29, 0.717) is 62.9 Å². The summed E-state index contributed by atoms with van der Waals surface area (Å²) < 4.78 is 17.5. The summed E-state index contributed by atoms with van der Waals surface area (Å²) in [4.78, 5) is 25.7. The molecule has 0 spiro atoms. The molecule has 2 N–H and O–H groups in total. The summed E-state index contributed by atoms with van der Waals surface area (Å²) in [5.41, 5.74) is 2.65. The van der Waals surface area contributed by atoms with Crippen LogP contribution in [0.2, 0.25) is 0 Å². The third-order valence-electron chi connectivity index (χ3n) is 9.76. The number of unbranched alkanes of at least 4 members (excludes halogenated alkanes) is 2. The lowest BCUT2D eigenvalue weighted by Crippen LogP contribution is -2.38. The van der Waals surface area contributed by atoms with Gasteiger partial charge in [-0.1, -0.05) is 121 Å². The molecule has 0 unspecified atom stereocenters. The van der Waals surface area contributed by atoms with Crippen LogP contribution >= 0.6 is 0 Å². The minimum absolute atomic E-state index is 0.224. The van der Waals surface area contributed by atoms with Crippen molar-refractivity contribution < 1.29 is 34.0 Å². The van der Waals surface area contributed by atoms with Gasteiger partial charge in [-0.25, -0.2) is 0 Å². The lowest BCUT2D eigenvalue weighted by molar-refractivity contribution is -0.159. The van der Waals surface area contributed by atoms with Crippen molar-refractivity contribution in [2.75, 3.05) is 13.2 Å². The van der Waals surface area contributed by atoms with E-state index in [-0.39, 0.29) is 24.8 Å². The molecular formula is C44H46O7. The minimum Gasteiger partial charge on any atom is -0.455 e. The van der Waals surface area contributed by atoms with Gasteiger partial charge in [0.1, 0.15) is 11.2 Å². The molecule has 7 nitrogen and oxygen atoms in total. The van der Waals surface area contributed by atoms with Crippen LogP contribution in [0.25, 0.3) is 11.1 Å². The van der Waals surface area contributed by atoms with Gasteiger partial charge < -0.3 is 24.4 Å². The van der Waals surface area contributed by atoms with Crippen LogP contribution in [-0.2, 0) is 35.0 Å². The molecule has 51 heavy (non-hydrogen) atoms. The van der Waals surface area contributed by atoms with Crippen molar-refractivity contribution >= 4 is 23.1 Å². The van der Waals surface area contributed by atoms with Crippen molar-refractivity contribution in [1.82, 2.24) is 0 Å². The number of esters is 2. The van der Waals surface area contributed by atoms with Crippen LogP contribution in [0.4, 0.5) is 0 Å². The molecule has 0 aliphatic heterocycles. The van der Waals surface area contributed by atoms with Gasteiger partial charge in [0.15, 0.2) is 12.2 Å². The fourth-order valence-corrected chi connectivity index (χ4v) is 6.94. The van der Waals surface area contributed by atoms with Crippen molar-refractivity contribution in [3.05, 3.63) is 156 Å². The lowest BCUT2D eigenvalue weighted by atomic mass is 9.87. The Balaban J connectivity index is 0.902. The molecule has 0 saturated heterocycles. The van der Waals surface area contributed by atoms with E-state index < -0.39 is 23.4 Å². The lowest BCUT2D eigenvalue weighted by Gasteiger charge is -2.30. The zero-order chi connectivity index (χ0) is 35.5. The SMILES string of the molecule is O=C(CCCCOCCCCC(=O)O[C@H]1C=C(c2ccccc2)C[C@]1(O)c1ccccc1)O[C@H]1C=C(c2ccccc2)C[C@]1(O)c1ccccc1. The average Bonchev–Trinajstić information content (AvgIpc) is 3.69. The number of ether oxygens (including phenoxy) is 3. The van der Waals surface area contributed by atoms with Crippen molar-refractivity contribution in [1.29, 1.82) is 0 Å². The molecule has 2 aliphatic rings. The van der Waals surface area contributed by atoms with Crippen molar-refractivity contribution in [3.8, 4) is 0 Å². The second kappa shape index (κ2) is 16.9. The van der Waals surface area contributed by atoms with E-state index in [0.717, 1.165) is 22.3 Å². The Morgan fingerprint density at radius 2 is 0.882 bits per heavy atom. The van der Waals surface area contributed by atoms with Crippen LogP contribution in [0.3, 0.4) is 0 Å². The van der Waals surface area contributed by atoms with Crippen molar-refractivity contribution in [3.63, 3.8) is 0 Å². The van der Waals surface area contributed by atoms with Gasteiger partial charge in [-0.2, -0.15) is 0 Å². The van der Waals surface area contributed by atoms with Gasteiger partial charge >= 0.3 is 11.9 Å². The molecule has 7 heteroatoms. The molecule has 0 bridgehead atoms. The summed E-state index contributed by atoms with van der Waals surface area (Å²) in [6.07, 6.45) is 5.90. The van der Waals surface area contributed by atoms with Crippen LogP contribution in [0.5, 0.6) is 0 Å². The highest BCUT2D eigenvalue weighted by molar-refractivity contribution is 5.75. The second-order valence-electron chi connectivity index (χ2n) is 13.4. The van der Waals surface area contributed by atoms with E-state index in [2.05, 4.69) is 0 Å². The van der Waals surface area contributed by atoms with Gasteiger partial charge in [-0.15, -0.1) is 0 Å². The molecule has 2 aliphatic carbocycles. The highest BCUT2D eigenvalue weighted by Crippen LogP contribution is 2.45. The maximum Gasteiger partial charge on any atom is 0.306 e. The third-order valence-corrected chi connectivity index (χ3v) is 9.76. The van der Waals surface area contributed by atoms with Gasteiger partial charge in [0, 0.05) is 38.9 Å². The Labute approximate surface area is 300 Å². The van der Waals surface area contributed by atoms with Gasteiger partial charge in [-0.3, -0.25) is 9.59 Å². The predicted octanol–water partition coefficient (Wildman–Crippen LogP) is 7.92. The molecule has 0 radical (unpaired) electrons. The fraction of sp³-hybridized carbons (Fsp3) is 0.318. The Kier molecular flexibility index (Phi) is 11.9. The molecule has 0 saturated carbocycles. The molecule has 0 fully saturated rings. The van der Waals surface area contributed by atoms with E-state index in [9.17, 15) is 19.8 Å². The molecule has 4 aromatic carbocycles. The second-order valence-corrected chi connectivity index (χ2v) is 13.4. The smallest absolute Gasteiger partial charge is 0.306 e. The molecule has 0 amide bonds. The molecule has 0 aromatic heterocycles. The topological polar surface area (TPSA) is 102 Å². The summed E-state index contributed by atoms with van der Waals surface area (Å²) in [7, 11) is 0. The van der Waals surface area contributed by atoms with E-state index in [1.165, 1.54) is 0 Å². The minimum atomic E-state index is -1.33. The van der Waals surface area contributed by atoms with Crippen molar-refractivity contribution in [2.24, 2.45) is 0 Å².